The average molecular weight is 480 g/mol. The predicted molar refractivity (Wildman–Crippen MR) is 122 cm³/mol. The van der Waals surface area contributed by atoms with Crippen LogP contribution in [0.3, 0.4) is 0 Å². The molecule has 1 aliphatic rings. The van der Waals surface area contributed by atoms with Crippen LogP contribution in [0.5, 0.6) is 5.75 Å². The zero-order valence-electron chi connectivity index (χ0n) is 18.8. The lowest BCUT2D eigenvalue weighted by molar-refractivity contribution is -0.192. The van der Waals surface area contributed by atoms with Gasteiger partial charge in [-0.3, -0.25) is 0 Å². The average Bonchev–Trinajstić information content (AvgIpc) is 3.27. The van der Waals surface area contributed by atoms with Crippen LogP contribution in [0.15, 0.2) is 36.5 Å². The van der Waals surface area contributed by atoms with Gasteiger partial charge in [0.1, 0.15) is 17.4 Å². The molecule has 1 aliphatic heterocycles. The number of hydrogen-bond donors (Lipinski definition) is 4. The first-order valence-electron chi connectivity index (χ1n) is 10.8. The number of anilines is 3. The molecule has 4 rings (SSSR count). The van der Waals surface area contributed by atoms with E-state index in [1.807, 2.05) is 41.8 Å². The van der Waals surface area contributed by atoms with Gasteiger partial charge in [-0.1, -0.05) is 0 Å². The molecule has 1 fully saturated rings. The molecular weight excluding hydrogens is 453 g/mol. The summed E-state index contributed by atoms with van der Waals surface area (Å²) in [4.78, 5) is 13.7. The number of alkyl halides is 3. The van der Waals surface area contributed by atoms with Gasteiger partial charge < -0.3 is 25.8 Å². The molecule has 184 valence electrons. The highest BCUT2D eigenvalue weighted by atomic mass is 19.4. The van der Waals surface area contributed by atoms with Gasteiger partial charge in [-0.05, 0) is 57.5 Å². The molecule has 0 amide bonds. The Morgan fingerprint density at radius 2 is 2.00 bits per heavy atom. The van der Waals surface area contributed by atoms with Crippen molar-refractivity contribution in [3.63, 3.8) is 0 Å². The Balaban J connectivity index is 0.000000406. The first-order valence-corrected chi connectivity index (χ1v) is 10.8. The monoisotopic (exact) mass is 480 g/mol. The second-order valence-electron chi connectivity index (χ2n) is 7.61. The second kappa shape index (κ2) is 11.1. The van der Waals surface area contributed by atoms with Crippen LogP contribution in [-0.4, -0.2) is 57.6 Å². The fourth-order valence-corrected chi connectivity index (χ4v) is 3.42. The summed E-state index contributed by atoms with van der Waals surface area (Å²) in [5, 5.41) is 22.1. The van der Waals surface area contributed by atoms with E-state index < -0.39 is 12.1 Å². The van der Waals surface area contributed by atoms with E-state index in [0.29, 0.717) is 12.6 Å². The standard InChI is InChI=1S/C20H26N6O.C2HF3O2/c1-3-27-17-8-6-15(7-9-17)24-20-14(2)19(23-16-5-4-11-21-13-16)25-18-10-12-22-26(18)20;3-2(4,5)1(6)7/h6-10,12,16,21,24H,3-5,11,13H2,1-2H3,(H,23,25);(H,6,7)/t16-;/m0./s1. The lowest BCUT2D eigenvalue weighted by Gasteiger charge is -2.25. The molecule has 1 saturated heterocycles. The summed E-state index contributed by atoms with van der Waals surface area (Å²) in [6, 6.07) is 10.3. The van der Waals surface area contributed by atoms with Crippen LogP contribution >= 0.6 is 0 Å². The number of halogens is 3. The van der Waals surface area contributed by atoms with Gasteiger partial charge >= 0.3 is 12.1 Å². The largest absolute Gasteiger partial charge is 0.494 e. The Hall–Kier alpha value is -3.54. The highest BCUT2D eigenvalue weighted by molar-refractivity contribution is 5.73. The number of piperidine rings is 1. The smallest absolute Gasteiger partial charge is 0.490 e. The molecule has 0 bridgehead atoms. The van der Waals surface area contributed by atoms with Crippen LogP contribution in [0.2, 0.25) is 0 Å². The number of aliphatic carboxylic acids is 1. The number of rotatable bonds is 6. The highest BCUT2D eigenvalue weighted by Crippen LogP contribution is 2.28. The molecule has 2 aromatic heterocycles. The molecule has 0 saturated carbocycles. The molecule has 3 aromatic rings. The number of nitrogens with zero attached hydrogens (tertiary/aromatic N) is 3. The number of hydrogen-bond acceptors (Lipinski definition) is 7. The highest BCUT2D eigenvalue weighted by Gasteiger charge is 2.38. The van der Waals surface area contributed by atoms with Gasteiger partial charge in [0.15, 0.2) is 5.65 Å². The second-order valence-corrected chi connectivity index (χ2v) is 7.61. The molecule has 0 unspecified atom stereocenters. The Labute approximate surface area is 194 Å². The van der Waals surface area contributed by atoms with Crippen LogP contribution in [0, 0.1) is 6.92 Å². The Morgan fingerprint density at radius 3 is 2.59 bits per heavy atom. The van der Waals surface area contributed by atoms with Gasteiger partial charge in [-0.25, -0.2) is 9.78 Å². The number of carbonyl (C=O) groups is 1. The van der Waals surface area contributed by atoms with Gasteiger partial charge in [0.05, 0.1) is 12.8 Å². The molecule has 3 heterocycles. The normalized spacial score (nSPS) is 15.9. The van der Waals surface area contributed by atoms with Crippen LogP contribution in [0.4, 0.5) is 30.5 Å². The van der Waals surface area contributed by atoms with Crippen molar-refractivity contribution in [3.8, 4) is 5.75 Å². The topological polar surface area (TPSA) is 113 Å². The molecule has 12 heteroatoms. The van der Waals surface area contributed by atoms with Crippen molar-refractivity contribution in [2.45, 2.75) is 38.9 Å². The van der Waals surface area contributed by atoms with Gasteiger partial charge in [-0.2, -0.15) is 22.8 Å². The van der Waals surface area contributed by atoms with Crippen molar-refractivity contribution in [1.29, 1.82) is 0 Å². The SMILES string of the molecule is CCOc1ccc(Nc2c(C)c(N[C@H]3CCCNC3)nc3ccnn23)cc1.O=C(O)C(F)(F)F. The Morgan fingerprint density at radius 1 is 1.29 bits per heavy atom. The Kier molecular flexibility index (Phi) is 8.16. The number of carboxylic acid groups (broad SMARTS) is 1. The number of aromatic nitrogens is 3. The maximum atomic E-state index is 10.6. The van der Waals surface area contributed by atoms with Gasteiger partial charge in [0.2, 0.25) is 0 Å². The quantitative estimate of drug-likeness (QED) is 0.419. The third-order valence-electron chi connectivity index (χ3n) is 5.08. The number of benzene rings is 1. The summed E-state index contributed by atoms with van der Waals surface area (Å²) >= 11 is 0. The Bertz CT molecular complexity index is 1100. The van der Waals surface area contributed by atoms with Crippen molar-refractivity contribution in [2.75, 3.05) is 30.3 Å². The zero-order chi connectivity index (χ0) is 24.7. The molecule has 4 N–H and O–H groups in total. The molecule has 34 heavy (non-hydrogen) atoms. The van der Waals surface area contributed by atoms with Crippen molar-refractivity contribution in [2.24, 2.45) is 0 Å². The van der Waals surface area contributed by atoms with E-state index in [1.54, 1.807) is 6.20 Å². The minimum Gasteiger partial charge on any atom is -0.494 e. The first-order chi connectivity index (χ1) is 16.2. The molecular formula is C22H27F3N6O3. The maximum absolute atomic E-state index is 10.6. The molecule has 0 radical (unpaired) electrons. The van der Waals surface area contributed by atoms with Crippen molar-refractivity contribution >= 4 is 28.9 Å². The van der Waals surface area contributed by atoms with E-state index in [-0.39, 0.29) is 0 Å². The van der Waals surface area contributed by atoms with Crippen molar-refractivity contribution in [1.82, 2.24) is 19.9 Å². The van der Waals surface area contributed by atoms with E-state index in [1.165, 1.54) is 6.42 Å². The number of nitrogens with one attached hydrogen (secondary N) is 3. The van der Waals surface area contributed by atoms with Crippen LogP contribution in [-0.2, 0) is 4.79 Å². The van der Waals surface area contributed by atoms with E-state index in [0.717, 1.165) is 53.8 Å². The lowest BCUT2D eigenvalue weighted by Crippen LogP contribution is -2.38. The third-order valence-corrected chi connectivity index (χ3v) is 5.08. The fraction of sp³-hybridized carbons (Fsp3) is 0.409. The van der Waals surface area contributed by atoms with E-state index in [2.05, 4.69) is 28.0 Å². The summed E-state index contributed by atoms with van der Waals surface area (Å²) in [6.45, 7) is 6.78. The van der Waals surface area contributed by atoms with Crippen LogP contribution in [0.1, 0.15) is 25.3 Å². The summed E-state index contributed by atoms with van der Waals surface area (Å²) in [5.41, 5.74) is 2.85. The number of ether oxygens (including phenoxy) is 1. The molecule has 0 spiro atoms. The minimum atomic E-state index is -5.08. The number of carboxylic acids is 1. The predicted octanol–water partition coefficient (Wildman–Crippen LogP) is 3.98. The van der Waals surface area contributed by atoms with Gasteiger partial charge in [0, 0.05) is 29.9 Å². The first kappa shape index (κ1) is 25.1. The summed E-state index contributed by atoms with van der Waals surface area (Å²) < 4.78 is 39.1. The molecule has 1 aromatic carbocycles. The summed E-state index contributed by atoms with van der Waals surface area (Å²) in [5.74, 6) is -0.0658. The fourth-order valence-electron chi connectivity index (χ4n) is 3.42. The molecule has 1 atom stereocenters. The van der Waals surface area contributed by atoms with E-state index in [4.69, 9.17) is 19.6 Å². The van der Waals surface area contributed by atoms with Gasteiger partial charge in [-0.15, -0.1) is 0 Å². The van der Waals surface area contributed by atoms with E-state index >= 15 is 0 Å². The van der Waals surface area contributed by atoms with Crippen molar-refractivity contribution in [3.05, 3.63) is 42.1 Å². The third kappa shape index (κ3) is 6.50. The van der Waals surface area contributed by atoms with Crippen molar-refractivity contribution < 1.29 is 27.8 Å². The van der Waals surface area contributed by atoms with Crippen LogP contribution in [0.25, 0.3) is 5.65 Å². The molecule has 9 nitrogen and oxygen atoms in total. The molecule has 0 aliphatic carbocycles. The van der Waals surface area contributed by atoms with E-state index in [9.17, 15) is 13.2 Å². The summed E-state index contributed by atoms with van der Waals surface area (Å²) in [7, 11) is 0. The van der Waals surface area contributed by atoms with Crippen LogP contribution < -0.4 is 20.7 Å². The maximum Gasteiger partial charge on any atom is 0.490 e. The zero-order valence-corrected chi connectivity index (χ0v) is 18.8. The van der Waals surface area contributed by atoms with Gasteiger partial charge in [0.25, 0.3) is 0 Å². The lowest BCUT2D eigenvalue weighted by atomic mass is 10.1. The summed E-state index contributed by atoms with van der Waals surface area (Å²) in [6.07, 6.45) is -0.972. The minimum absolute atomic E-state index is 0.397. The number of fused-ring (bicyclic) bond motifs is 1.